The van der Waals surface area contributed by atoms with E-state index in [4.69, 9.17) is 11.6 Å². The monoisotopic (exact) mass is 236 g/mol. The van der Waals surface area contributed by atoms with Gasteiger partial charge in [-0.1, -0.05) is 23.7 Å². The number of halogens is 1. The van der Waals surface area contributed by atoms with Gasteiger partial charge in [0.05, 0.1) is 24.3 Å². The van der Waals surface area contributed by atoms with Crippen LogP contribution in [0.2, 0.25) is 5.02 Å². The zero-order valence-corrected chi connectivity index (χ0v) is 9.72. The molecular weight excluding hydrogens is 224 g/mol. The molecule has 1 N–H and O–H groups in total. The summed E-state index contributed by atoms with van der Waals surface area (Å²) < 4.78 is 1.82. The minimum Gasteiger partial charge on any atom is -0.386 e. The van der Waals surface area contributed by atoms with Gasteiger partial charge >= 0.3 is 0 Å². The van der Waals surface area contributed by atoms with E-state index in [9.17, 15) is 5.11 Å². The molecular formula is C12H13ClN2O. The third kappa shape index (κ3) is 2.43. The first-order valence-electron chi connectivity index (χ1n) is 5.05. The van der Waals surface area contributed by atoms with E-state index in [0.717, 1.165) is 11.3 Å². The Hall–Kier alpha value is -1.32. The summed E-state index contributed by atoms with van der Waals surface area (Å²) in [6.45, 7) is 0. The van der Waals surface area contributed by atoms with Crippen molar-refractivity contribution in [2.75, 3.05) is 0 Å². The molecule has 16 heavy (non-hydrogen) atoms. The summed E-state index contributed by atoms with van der Waals surface area (Å²) in [5.74, 6) is 0. The lowest BCUT2D eigenvalue weighted by atomic mass is 10.1. The van der Waals surface area contributed by atoms with Crippen molar-refractivity contribution in [1.29, 1.82) is 0 Å². The number of imidazole rings is 1. The third-order valence-electron chi connectivity index (χ3n) is 2.54. The number of rotatable bonds is 3. The Kier molecular flexibility index (Phi) is 3.27. The average molecular weight is 237 g/mol. The van der Waals surface area contributed by atoms with Gasteiger partial charge in [-0.25, -0.2) is 4.98 Å². The van der Waals surface area contributed by atoms with Crippen LogP contribution in [0.3, 0.4) is 0 Å². The van der Waals surface area contributed by atoms with E-state index in [2.05, 4.69) is 4.98 Å². The van der Waals surface area contributed by atoms with Crippen molar-refractivity contribution in [2.45, 2.75) is 12.5 Å². The molecule has 1 aromatic heterocycles. The number of nitrogens with zero attached hydrogens (tertiary/aromatic N) is 2. The molecule has 2 rings (SSSR count). The largest absolute Gasteiger partial charge is 0.386 e. The second kappa shape index (κ2) is 4.68. The maximum atomic E-state index is 10.0. The Morgan fingerprint density at radius 1 is 1.38 bits per heavy atom. The van der Waals surface area contributed by atoms with Crippen LogP contribution in [0.5, 0.6) is 0 Å². The maximum absolute atomic E-state index is 10.0. The third-order valence-corrected chi connectivity index (χ3v) is 2.79. The van der Waals surface area contributed by atoms with Gasteiger partial charge in [0.1, 0.15) is 0 Å². The highest BCUT2D eigenvalue weighted by Crippen LogP contribution is 2.18. The van der Waals surface area contributed by atoms with Crippen LogP contribution >= 0.6 is 11.6 Å². The van der Waals surface area contributed by atoms with Crippen molar-refractivity contribution in [3.63, 3.8) is 0 Å². The van der Waals surface area contributed by atoms with Crippen molar-refractivity contribution in [1.82, 2.24) is 9.55 Å². The van der Waals surface area contributed by atoms with E-state index >= 15 is 0 Å². The van der Waals surface area contributed by atoms with Crippen LogP contribution in [0, 0.1) is 0 Å². The number of hydrogen-bond donors (Lipinski definition) is 1. The quantitative estimate of drug-likeness (QED) is 0.889. The summed E-state index contributed by atoms with van der Waals surface area (Å²) in [4.78, 5) is 3.98. The van der Waals surface area contributed by atoms with Gasteiger partial charge in [-0.3, -0.25) is 0 Å². The fourth-order valence-electron chi connectivity index (χ4n) is 1.64. The molecule has 0 radical (unpaired) electrons. The predicted molar refractivity (Wildman–Crippen MR) is 63.3 cm³/mol. The SMILES string of the molecule is Cn1cncc1C(O)Cc1ccc(Cl)cc1. The van der Waals surface area contributed by atoms with Gasteiger partial charge in [0.15, 0.2) is 0 Å². The molecule has 84 valence electrons. The van der Waals surface area contributed by atoms with Gasteiger partial charge in [0.25, 0.3) is 0 Å². The molecule has 0 aliphatic rings. The molecule has 4 heteroatoms. The average Bonchev–Trinajstić information content (AvgIpc) is 2.68. The van der Waals surface area contributed by atoms with E-state index in [-0.39, 0.29) is 0 Å². The molecule has 2 aromatic rings. The minimum absolute atomic E-state index is 0.534. The molecule has 1 aromatic carbocycles. The summed E-state index contributed by atoms with van der Waals surface area (Å²) in [5, 5.41) is 10.7. The van der Waals surface area contributed by atoms with Crippen molar-refractivity contribution in [2.24, 2.45) is 7.05 Å². The molecule has 0 saturated heterocycles. The normalized spacial score (nSPS) is 12.7. The topological polar surface area (TPSA) is 38.0 Å². The molecule has 1 heterocycles. The van der Waals surface area contributed by atoms with Crippen molar-refractivity contribution in [3.05, 3.63) is 53.1 Å². The van der Waals surface area contributed by atoms with Gasteiger partial charge in [-0.2, -0.15) is 0 Å². The lowest BCUT2D eigenvalue weighted by molar-refractivity contribution is 0.170. The molecule has 0 fully saturated rings. The van der Waals surface area contributed by atoms with Gasteiger partial charge in [0, 0.05) is 18.5 Å². The van der Waals surface area contributed by atoms with Crippen LogP contribution < -0.4 is 0 Å². The van der Waals surface area contributed by atoms with Gasteiger partial charge < -0.3 is 9.67 Å². The zero-order valence-electron chi connectivity index (χ0n) is 8.97. The second-order valence-corrected chi connectivity index (χ2v) is 4.21. The van der Waals surface area contributed by atoms with Crippen LogP contribution in [0.1, 0.15) is 17.4 Å². The van der Waals surface area contributed by atoms with Crippen LogP contribution in [-0.4, -0.2) is 14.7 Å². The summed E-state index contributed by atoms with van der Waals surface area (Å²) >= 11 is 5.80. The first-order chi connectivity index (χ1) is 7.66. The Balaban J connectivity index is 2.10. The first-order valence-corrected chi connectivity index (χ1v) is 5.43. The Labute approximate surface area is 99.3 Å². The lowest BCUT2D eigenvalue weighted by Crippen LogP contribution is -2.06. The highest BCUT2D eigenvalue weighted by atomic mass is 35.5. The van der Waals surface area contributed by atoms with E-state index in [1.807, 2.05) is 35.9 Å². The minimum atomic E-state index is -0.534. The van der Waals surface area contributed by atoms with Crippen molar-refractivity contribution < 1.29 is 5.11 Å². The van der Waals surface area contributed by atoms with E-state index in [1.165, 1.54) is 0 Å². The molecule has 0 amide bonds. The summed E-state index contributed by atoms with van der Waals surface area (Å²) in [6, 6.07) is 7.49. The van der Waals surface area contributed by atoms with Crippen LogP contribution in [0.25, 0.3) is 0 Å². The second-order valence-electron chi connectivity index (χ2n) is 3.78. The molecule has 0 bridgehead atoms. The number of hydrogen-bond acceptors (Lipinski definition) is 2. The molecule has 0 aliphatic heterocycles. The Bertz CT molecular complexity index is 464. The first kappa shape index (κ1) is 11.2. The predicted octanol–water partition coefficient (Wildman–Crippen LogP) is 2.35. The molecule has 3 nitrogen and oxygen atoms in total. The van der Waals surface area contributed by atoms with Gasteiger partial charge in [-0.15, -0.1) is 0 Å². The number of benzene rings is 1. The van der Waals surface area contributed by atoms with E-state index < -0.39 is 6.10 Å². The lowest BCUT2D eigenvalue weighted by Gasteiger charge is -2.11. The maximum Gasteiger partial charge on any atom is 0.0995 e. The summed E-state index contributed by atoms with van der Waals surface area (Å²) in [5.41, 5.74) is 1.87. The zero-order chi connectivity index (χ0) is 11.5. The van der Waals surface area contributed by atoms with Gasteiger partial charge in [-0.05, 0) is 17.7 Å². The standard InChI is InChI=1S/C12H13ClN2O/c1-15-8-14-7-11(15)12(16)6-9-2-4-10(13)5-3-9/h2-5,7-8,12,16H,6H2,1H3. The fourth-order valence-corrected chi connectivity index (χ4v) is 1.76. The van der Waals surface area contributed by atoms with Crippen LogP contribution in [0.4, 0.5) is 0 Å². The fraction of sp³-hybridized carbons (Fsp3) is 0.250. The smallest absolute Gasteiger partial charge is 0.0995 e. The highest BCUT2D eigenvalue weighted by Gasteiger charge is 2.11. The van der Waals surface area contributed by atoms with Crippen molar-refractivity contribution >= 4 is 11.6 Å². The molecule has 1 atom stereocenters. The highest BCUT2D eigenvalue weighted by molar-refractivity contribution is 6.30. The number of aromatic nitrogens is 2. The number of aryl methyl sites for hydroxylation is 1. The summed E-state index contributed by atoms with van der Waals surface area (Å²) in [6.07, 6.45) is 3.39. The summed E-state index contributed by atoms with van der Waals surface area (Å²) in [7, 11) is 1.87. The van der Waals surface area contributed by atoms with Crippen LogP contribution in [0.15, 0.2) is 36.8 Å². The number of aliphatic hydroxyl groups excluding tert-OH is 1. The molecule has 0 aliphatic carbocycles. The molecule has 1 unspecified atom stereocenters. The van der Waals surface area contributed by atoms with Gasteiger partial charge in [0.2, 0.25) is 0 Å². The Morgan fingerprint density at radius 3 is 2.62 bits per heavy atom. The number of aliphatic hydroxyl groups is 1. The Morgan fingerprint density at radius 2 is 2.06 bits per heavy atom. The van der Waals surface area contributed by atoms with E-state index in [1.54, 1.807) is 12.5 Å². The molecule has 0 spiro atoms. The molecule has 0 saturated carbocycles. The van der Waals surface area contributed by atoms with E-state index in [0.29, 0.717) is 11.4 Å². The van der Waals surface area contributed by atoms with Crippen molar-refractivity contribution in [3.8, 4) is 0 Å². The van der Waals surface area contributed by atoms with Crippen LogP contribution in [-0.2, 0) is 13.5 Å².